The summed E-state index contributed by atoms with van der Waals surface area (Å²) in [6, 6.07) is 1.76. The number of hydrogen-bond donors (Lipinski definition) is 1. The zero-order valence-electron chi connectivity index (χ0n) is 7.32. The third-order valence-corrected chi connectivity index (χ3v) is 1.77. The van der Waals surface area contributed by atoms with E-state index in [9.17, 15) is 0 Å². The minimum atomic E-state index is 0.557. The molecule has 0 aliphatic carbocycles. The van der Waals surface area contributed by atoms with Gasteiger partial charge in [0.05, 0.1) is 13.7 Å². The quantitative estimate of drug-likeness (QED) is 0.683. The van der Waals surface area contributed by atoms with Gasteiger partial charge in [-0.25, -0.2) is 9.97 Å². The van der Waals surface area contributed by atoms with Crippen LogP contribution in [0.4, 0.5) is 0 Å². The molecule has 68 valence electrons. The molecule has 0 unspecified atom stereocenters. The van der Waals surface area contributed by atoms with Crippen LogP contribution in [0.25, 0.3) is 0 Å². The van der Waals surface area contributed by atoms with Crippen molar-refractivity contribution in [2.24, 2.45) is 4.99 Å². The molecule has 5 nitrogen and oxygen atoms in total. The summed E-state index contributed by atoms with van der Waals surface area (Å²) in [7, 11) is 1.58. The lowest BCUT2D eigenvalue weighted by Crippen LogP contribution is -2.20. The number of rotatable bonds is 2. The molecule has 0 saturated heterocycles. The monoisotopic (exact) mass is 178 g/mol. The molecule has 0 amide bonds. The summed E-state index contributed by atoms with van der Waals surface area (Å²) in [6.45, 7) is 1.68. The van der Waals surface area contributed by atoms with Gasteiger partial charge >= 0.3 is 0 Å². The zero-order chi connectivity index (χ0) is 9.10. The maximum absolute atomic E-state index is 4.98. The molecule has 0 fully saturated rings. The van der Waals surface area contributed by atoms with Gasteiger partial charge in [-0.1, -0.05) is 0 Å². The number of nitrogens with one attached hydrogen (secondary N) is 1. The van der Waals surface area contributed by atoms with Crippen LogP contribution in [0.2, 0.25) is 0 Å². The summed E-state index contributed by atoms with van der Waals surface area (Å²) in [5.74, 6) is 1.38. The van der Waals surface area contributed by atoms with Crippen molar-refractivity contribution in [2.75, 3.05) is 20.2 Å². The molecule has 2 heterocycles. The van der Waals surface area contributed by atoms with Crippen LogP contribution in [0, 0.1) is 0 Å². The predicted molar refractivity (Wildman–Crippen MR) is 48.0 cm³/mol. The van der Waals surface area contributed by atoms with Gasteiger partial charge in [-0.3, -0.25) is 4.99 Å². The molecule has 0 saturated carbocycles. The highest BCUT2D eigenvalue weighted by molar-refractivity contribution is 5.98. The SMILES string of the molecule is COc1cc(C2=NCCN2)ncn1. The van der Waals surface area contributed by atoms with Gasteiger partial charge in [0.1, 0.15) is 17.9 Å². The number of methoxy groups -OCH3 is 1. The van der Waals surface area contributed by atoms with Crippen LogP contribution in [-0.4, -0.2) is 36.0 Å². The first-order chi connectivity index (χ1) is 6.40. The average molecular weight is 178 g/mol. The number of aromatic nitrogens is 2. The van der Waals surface area contributed by atoms with Crippen molar-refractivity contribution in [3.8, 4) is 5.88 Å². The number of nitrogens with zero attached hydrogens (tertiary/aromatic N) is 3. The first kappa shape index (κ1) is 7.97. The fourth-order valence-electron chi connectivity index (χ4n) is 1.15. The lowest BCUT2D eigenvalue weighted by molar-refractivity contribution is 0.396. The fraction of sp³-hybridized carbons (Fsp3) is 0.375. The summed E-state index contributed by atoms with van der Waals surface area (Å²) < 4.78 is 4.98. The molecule has 5 heteroatoms. The Labute approximate surface area is 75.9 Å². The van der Waals surface area contributed by atoms with Gasteiger partial charge in [0, 0.05) is 12.6 Å². The molecular weight excluding hydrogens is 168 g/mol. The van der Waals surface area contributed by atoms with Crippen molar-refractivity contribution in [2.45, 2.75) is 0 Å². The first-order valence-electron chi connectivity index (χ1n) is 4.05. The zero-order valence-corrected chi connectivity index (χ0v) is 7.32. The van der Waals surface area contributed by atoms with Crippen LogP contribution in [0.3, 0.4) is 0 Å². The van der Waals surface area contributed by atoms with Crippen LogP contribution >= 0.6 is 0 Å². The lowest BCUT2D eigenvalue weighted by atomic mass is 10.4. The fourth-order valence-corrected chi connectivity index (χ4v) is 1.15. The van der Waals surface area contributed by atoms with Crippen molar-refractivity contribution in [3.63, 3.8) is 0 Å². The molecule has 0 radical (unpaired) electrons. The minimum absolute atomic E-state index is 0.557. The maximum Gasteiger partial charge on any atom is 0.216 e. The Kier molecular flexibility index (Phi) is 2.08. The highest BCUT2D eigenvalue weighted by Crippen LogP contribution is 2.07. The Hall–Kier alpha value is -1.65. The van der Waals surface area contributed by atoms with Crippen molar-refractivity contribution >= 4 is 5.84 Å². The maximum atomic E-state index is 4.98. The average Bonchev–Trinajstić information content (AvgIpc) is 2.71. The molecule has 0 atom stereocenters. The Balaban J connectivity index is 2.29. The van der Waals surface area contributed by atoms with Gasteiger partial charge in [-0.15, -0.1) is 0 Å². The van der Waals surface area contributed by atoms with Crippen LogP contribution in [-0.2, 0) is 0 Å². The van der Waals surface area contributed by atoms with E-state index in [-0.39, 0.29) is 0 Å². The number of amidine groups is 1. The smallest absolute Gasteiger partial charge is 0.216 e. The Morgan fingerprint density at radius 2 is 2.38 bits per heavy atom. The van der Waals surface area contributed by atoms with E-state index in [1.165, 1.54) is 6.33 Å². The summed E-state index contributed by atoms with van der Waals surface area (Å²) in [4.78, 5) is 12.2. The Morgan fingerprint density at radius 3 is 3.08 bits per heavy atom. The Bertz CT molecular complexity index is 337. The summed E-state index contributed by atoms with van der Waals surface area (Å²) in [5.41, 5.74) is 0.782. The number of aliphatic imine (C=N–C) groups is 1. The molecule has 1 aliphatic heterocycles. The summed E-state index contributed by atoms with van der Waals surface area (Å²) >= 11 is 0. The van der Waals surface area contributed by atoms with Crippen molar-refractivity contribution in [3.05, 3.63) is 18.1 Å². The van der Waals surface area contributed by atoms with E-state index >= 15 is 0 Å². The molecule has 2 rings (SSSR count). The minimum Gasteiger partial charge on any atom is -0.481 e. The highest BCUT2D eigenvalue weighted by Gasteiger charge is 2.09. The van der Waals surface area contributed by atoms with Crippen molar-refractivity contribution in [1.29, 1.82) is 0 Å². The Morgan fingerprint density at radius 1 is 1.46 bits per heavy atom. The molecule has 1 aromatic rings. The molecule has 0 spiro atoms. The second-order valence-electron chi connectivity index (χ2n) is 2.60. The van der Waals surface area contributed by atoms with E-state index in [1.54, 1.807) is 13.2 Å². The van der Waals surface area contributed by atoms with Gasteiger partial charge < -0.3 is 10.1 Å². The van der Waals surface area contributed by atoms with Crippen molar-refractivity contribution in [1.82, 2.24) is 15.3 Å². The van der Waals surface area contributed by atoms with Gasteiger partial charge in [-0.2, -0.15) is 0 Å². The summed E-state index contributed by atoms with van der Waals surface area (Å²) in [5, 5.41) is 3.13. The van der Waals surface area contributed by atoms with Crippen LogP contribution in [0.15, 0.2) is 17.4 Å². The molecular formula is C8H10N4O. The van der Waals surface area contributed by atoms with E-state index < -0.39 is 0 Å². The van der Waals surface area contributed by atoms with Crippen LogP contribution in [0.1, 0.15) is 5.69 Å². The third kappa shape index (κ3) is 1.58. The molecule has 1 aliphatic rings. The van der Waals surface area contributed by atoms with Crippen LogP contribution < -0.4 is 10.1 Å². The molecule has 13 heavy (non-hydrogen) atoms. The first-order valence-corrected chi connectivity index (χ1v) is 4.05. The van der Waals surface area contributed by atoms with E-state index in [0.29, 0.717) is 5.88 Å². The van der Waals surface area contributed by atoms with E-state index in [4.69, 9.17) is 4.74 Å². The van der Waals surface area contributed by atoms with Gasteiger partial charge in [0.2, 0.25) is 5.88 Å². The van der Waals surface area contributed by atoms with Crippen LogP contribution in [0.5, 0.6) is 5.88 Å². The second kappa shape index (κ2) is 3.38. The normalized spacial score (nSPS) is 15.0. The molecule has 1 aromatic heterocycles. The topological polar surface area (TPSA) is 59.4 Å². The largest absolute Gasteiger partial charge is 0.481 e. The van der Waals surface area contributed by atoms with Gasteiger partial charge in [0.25, 0.3) is 0 Å². The molecule has 1 N–H and O–H groups in total. The number of hydrogen-bond acceptors (Lipinski definition) is 5. The standard InChI is InChI=1S/C8H10N4O/c1-13-7-4-6(11-5-12-7)8-9-2-3-10-8/h4-5H,2-3H2,1H3,(H,9,10). The third-order valence-electron chi connectivity index (χ3n) is 1.77. The van der Waals surface area contributed by atoms with E-state index in [2.05, 4.69) is 20.3 Å². The second-order valence-corrected chi connectivity index (χ2v) is 2.60. The summed E-state index contributed by atoms with van der Waals surface area (Å²) in [6.07, 6.45) is 1.47. The predicted octanol–water partition coefficient (Wildman–Crippen LogP) is -0.165. The van der Waals surface area contributed by atoms with Gasteiger partial charge in [0.15, 0.2) is 0 Å². The molecule has 0 aromatic carbocycles. The van der Waals surface area contributed by atoms with E-state index in [0.717, 1.165) is 24.6 Å². The van der Waals surface area contributed by atoms with Gasteiger partial charge in [-0.05, 0) is 0 Å². The van der Waals surface area contributed by atoms with Crippen molar-refractivity contribution < 1.29 is 4.74 Å². The highest BCUT2D eigenvalue weighted by atomic mass is 16.5. The van der Waals surface area contributed by atoms with E-state index in [1.807, 2.05) is 0 Å². The molecule has 0 bridgehead atoms. The lowest BCUT2D eigenvalue weighted by Gasteiger charge is -2.02. The number of ether oxygens (including phenoxy) is 1.